The van der Waals surface area contributed by atoms with Crippen molar-refractivity contribution in [3.63, 3.8) is 0 Å². The summed E-state index contributed by atoms with van der Waals surface area (Å²) in [4.78, 5) is 13.1. The molecule has 3 nitrogen and oxygen atoms in total. The Labute approximate surface area is 79.7 Å². The summed E-state index contributed by atoms with van der Waals surface area (Å²) < 4.78 is 0. The van der Waals surface area contributed by atoms with E-state index in [2.05, 4.69) is 0 Å². The molecule has 0 radical (unpaired) electrons. The van der Waals surface area contributed by atoms with E-state index >= 15 is 0 Å². The minimum absolute atomic E-state index is 0.172. The first-order chi connectivity index (χ1) is 6.09. The average molecular weight is 185 g/mol. The topological polar surface area (TPSA) is 40.5 Å². The maximum absolute atomic E-state index is 11.5. The van der Waals surface area contributed by atoms with Crippen LogP contribution in [0.15, 0.2) is 0 Å². The van der Waals surface area contributed by atoms with Crippen LogP contribution in [0.5, 0.6) is 0 Å². The van der Waals surface area contributed by atoms with Gasteiger partial charge in [0.2, 0.25) is 5.91 Å². The summed E-state index contributed by atoms with van der Waals surface area (Å²) in [5.41, 5.74) is 0. The first-order valence-electron chi connectivity index (χ1n) is 5.01. The number of nitrogens with zero attached hydrogens (tertiary/aromatic N) is 1. The SMILES string of the molecule is CC(O)CN(C)C(=O)CC1CCC1. The third-order valence-electron chi connectivity index (χ3n) is 2.65. The maximum atomic E-state index is 11.5. The van der Waals surface area contributed by atoms with Crippen LogP contribution in [0.4, 0.5) is 0 Å². The number of amides is 1. The number of aliphatic hydroxyl groups is 1. The monoisotopic (exact) mass is 185 g/mol. The van der Waals surface area contributed by atoms with Gasteiger partial charge in [-0.15, -0.1) is 0 Å². The number of hydrogen-bond donors (Lipinski definition) is 1. The lowest BCUT2D eigenvalue weighted by atomic mass is 9.83. The van der Waals surface area contributed by atoms with Crippen LogP contribution in [0.2, 0.25) is 0 Å². The van der Waals surface area contributed by atoms with Crippen LogP contribution in [0.25, 0.3) is 0 Å². The van der Waals surface area contributed by atoms with Gasteiger partial charge in [0.1, 0.15) is 0 Å². The number of likely N-dealkylation sites (N-methyl/N-ethyl adjacent to an activating group) is 1. The molecule has 13 heavy (non-hydrogen) atoms. The Kier molecular flexibility index (Phi) is 3.72. The molecule has 1 rings (SSSR count). The zero-order valence-electron chi connectivity index (χ0n) is 8.49. The summed E-state index contributed by atoms with van der Waals surface area (Å²) in [6.45, 7) is 2.15. The lowest BCUT2D eigenvalue weighted by molar-refractivity contribution is -0.132. The molecule has 0 heterocycles. The van der Waals surface area contributed by atoms with Crippen molar-refractivity contribution < 1.29 is 9.90 Å². The minimum atomic E-state index is -0.421. The normalized spacial score (nSPS) is 19.3. The van der Waals surface area contributed by atoms with Gasteiger partial charge in [0, 0.05) is 20.0 Å². The Morgan fingerprint density at radius 1 is 1.62 bits per heavy atom. The van der Waals surface area contributed by atoms with Gasteiger partial charge in [-0.05, 0) is 25.7 Å². The van der Waals surface area contributed by atoms with Crippen molar-refractivity contribution in [1.82, 2.24) is 4.90 Å². The highest BCUT2D eigenvalue weighted by Gasteiger charge is 2.22. The van der Waals surface area contributed by atoms with Crippen molar-refractivity contribution in [3.05, 3.63) is 0 Å². The molecule has 0 aliphatic heterocycles. The van der Waals surface area contributed by atoms with Gasteiger partial charge < -0.3 is 10.0 Å². The lowest BCUT2D eigenvalue weighted by Gasteiger charge is -2.27. The molecule has 1 saturated carbocycles. The Bertz CT molecular complexity index is 176. The third-order valence-corrected chi connectivity index (χ3v) is 2.65. The van der Waals surface area contributed by atoms with Crippen LogP contribution in [0, 0.1) is 5.92 Å². The minimum Gasteiger partial charge on any atom is -0.392 e. The van der Waals surface area contributed by atoms with E-state index in [4.69, 9.17) is 5.11 Å². The summed E-state index contributed by atoms with van der Waals surface area (Å²) in [6.07, 6.45) is 3.93. The molecule has 1 aliphatic rings. The highest BCUT2D eigenvalue weighted by atomic mass is 16.3. The molecule has 1 amide bonds. The quantitative estimate of drug-likeness (QED) is 0.710. The van der Waals surface area contributed by atoms with E-state index in [9.17, 15) is 4.79 Å². The Morgan fingerprint density at radius 3 is 2.62 bits per heavy atom. The summed E-state index contributed by atoms with van der Waals surface area (Å²) in [7, 11) is 1.76. The number of carbonyl (C=O) groups excluding carboxylic acids is 1. The summed E-state index contributed by atoms with van der Waals surface area (Å²) in [6, 6.07) is 0. The van der Waals surface area contributed by atoms with Crippen molar-refractivity contribution in [3.8, 4) is 0 Å². The van der Waals surface area contributed by atoms with Gasteiger partial charge >= 0.3 is 0 Å². The number of rotatable bonds is 4. The molecule has 3 heteroatoms. The number of aliphatic hydroxyl groups excluding tert-OH is 1. The first kappa shape index (κ1) is 10.5. The molecule has 1 fully saturated rings. The molecule has 1 aliphatic carbocycles. The molecule has 0 spiro atoms. The van der Waals surface area contributed by atoms with Crippen molar-refractivity contribution in [1.29, 1.82) is 0 Å². The molecule has 0 saturated heterocycles. The lowest BCUT2D eigenvalue weighted by Crippen LogP contribution is -2.34. The van der Waals surface area contributed by atoms with Gasteiger partial charge in [0.15, 0.2) is 0 Å². The van der Waals surface area contributed by atoms with Crippen LogP contribution >= 0.6 is 0 Å². The van der Waals surface area contributed by atoms with Crippen molar-refractivity contribution in [2.45, 2.75) is 38.7 Å². The fourth-order valence-corrected chi connectivity index (χ4v) is 1.60. The molecule has 0 bridgehead atoms. The Balaban J connectivity index is 2.20. The van der Waals surface area contributed by atoms with E-state index in [1.54, 1.807) is 18.9 Å². The second kappa shape index (κ2) is 4.61. The van der Waals surface area contributed by atoms with Gasteiger partial charge in [-0.3, -0.25) is 4.79 Å². The van der Waals surface area contributed by atoms with Crippen LogP contribution in [0.3, 0.4) is 0 Å². The van der Waals surface area contributed by atoms with Crippen LogP contribution < -0.4 is 0 Å². The van der Waals surface area contributed by atoms with Crippen molar-refractivity contribution >= 4 is 5.91 Å². The molecule has 76 valence electrons. The third kappa shape index (κ3) is 3.35. The van der Waals surface area contributed by atoms with E-state index in [0.717, 1.165) is 0 Å². The average Bonchev–Trinajstić information content (AvgIpc) is 1.94. The molecular weight excluding hydrogens is 166 g/mol. The number of hydrogen-bond acceptors (Lipinski definition) is 2. The molecule has 0 aromatic rings. The molecule has 1 unspecified atom stereocenters. The Hall–Kier alpha value is -0.570. The van der Waals surface area contributed by atoms with Crippen molar-refractivity contribution in [2.24, 2.45) is 5.92 Å². The molecule has 1 N–H and O–H groups in total. The van der Waals surface area contributed by atoms with E-state index in [-0.39, 0.29) is 5.91 Å². The second-order valence-corrected chi connectivity index (χ2v) is 4.12. The molecule has 0 aromatic carbocycles. The predicted molar refractivity (Wildman–Crippen MR) is 51.3 cm³/mol. The standard InChI is InChI=1S/C10H19NO2/c1-8(12)7-11(2)10(13)6-9-4-3-5-9/h8-9,12H,3-7H2,1-2H3. The predicted octanol–water partition coefficient (Wildman–Crippen LogP) is 1.02. The van der Waals surface area contributed by atoms with Crippen LogP contribution in [-0.2, 0) is 4.79 Å². The summed E-state index contributed by atoms with van der Waals surface area (Å²) >= 11 is 0. The molecule has 1 atom stereocenters. The van der Waals surface area contributed by atoms with Crippen LogP contribution in [-0.4, -0.2) is 35.6 Å². The van der Waals surface area contributed by atoms with E-state index in [0.29, 0.717) is 18.9 Å². The largest absolute Gasteiger partial charge is 0.392 e. The van der Waals surface area contributed by atoms with Crippen molar-refractivity contribution in [2.75, 3.05) is 13.6 Å². The molecular formula is C10H19NO2. The van der Waals surface area contributed by atoms with Crippen LogP contribution in [0.1, 0.15) is 32.6 Å². The fourth-order valence-electron chi connectivity index (χ4n) is 1.60. The molecule has 0 aromatic heterocycles. The van der Waals surface area contributed by atoms with Gasteiger partial charge in [-0.25, -0.2) is 0 Å². The maximum Gasteiger partial charge on any atom is 0.222 e. The van der Waals surface area contributed by atoms with E-state index in [1.165, 1.54) is 19.3 Å². The summed E-state index contributed by atoms with van der Waals surface area (Å²) in [5.74, 6) is 0.787. The highest BCUT2D eigenvalue weighted by Crippen LogP contribution is 2.29. The van der Waals surface area contributed by atoms with Gasteiger partial charge in [-0.2, -0.15) is 0 Å². The zero-order chi connectivity index (χ0) is 9.84. The Morgan fingerprint density at radius 2 is 2.23 bits per heavy atom. The second-order valence-electron chi connectivity index (χ2n) is 4.12. The van der Waals surface area contributed by atoms with E-state index in [1.807, 2.05) is 0 Å². The first-order valence-corrected chi connectivity index (χ1v) is 5.01. The van der Waals surface area contributed by atoms with Gasteiger partial charge in [-0.1, -0.05) is 6.42 Å². The smallest absolute Gasteiger partial charge is 0.222 e. The zero-order valence-corrected chi connectivity index (χ0v) is 8.49. The highest BCUT2D eigenvalue weighted by molar-refractivity contribution is 5.76. The van der Waals surface area contributed by atoms with E-state index < -0.39 is 6.10 Å². The summed E-state index contributed by atoms with van der Waals surface area (Å²) in [5, 5.41) is 9.08. The van der Waals surface area contributed by atoms with Gasteiger partial charge in [0.05, 0.1) is 6.10 Å². The fraction of sp³-hybridized carbons (Fsp3) is 0.900. The van der Waals surface area contributed by atoms with Gasteiger partial charge in [0.25, 0.3) is 0 Å². The number of carbonyl (C=O) groups is 1.